The van der Waals surface area contributed by atoms with Gasteiger partial charge in [-0.1, -0.05) is 100.0 Å². The van der Waals surface area contributed by atoms with Gasteiger partial charge in [-0.25, -0.2) is 0 Å². The quantitative estimate of drug-likeness (QED) is 0.142. The van der Waals surface area contributed by atoms with Crippen LogP contribution in [0.5, 0.6) is 0 Å². The summed E-state index contributed by atoms with van der Waals surface area (Å²) < 4.78 is 0. The van der Waals surface area contributed by atoms with Crippen molar-refractivity contribution in [3.63, 3.8) is 0 Å². The van der Waals surface area contributed by atoms with Crippen molar-refractivity contribution in [2.24, 2.45) is 0 Å². The molecule has 2 aromatic carbocycles. The molecule has 0 N–H and O–H groups in total. The summed E-state index contributed by atoms with van der Waals surface area (Å²) in [6, 6.07) is 16.1. The number of benzene rings is 2. The Morgan fingerprint density at radius 3 is 1.03 bits per heavy atom. The number of rotatable bonds is 2. The fourth-order valence-corrected chi connectivity index (χ4v) is 6.45. The van der Waals surface area contributed by atoms with Crippen LogP contribution in [0.1, 0.15) is 36.8 Å². The van der Waals surface area contributed by atoms with Gasteiger partial charge in [-0.2, -0.15) is 0 Å². The van der Waals surface area contributed by atoms with E-state index in [4.69, 9.17) is 12.8 Å². The second kappa shape index (κ2) is 15.9. The van der Waals surface area contributed by atoms with Crippen LogP contribution in [0.3, 0.4) is 0 Å². The summed E-state index contributed by atoms with van der Waals surface area (Å²) in [5.74, 6) is 4.97. The molecule has 0 nitrogen and oxygen atoms in total. The smallest absolute Gasteiger partial charge is 0.366 e. The molecular weight excluding hydrogens is 612 g/mol. The maximum Gasteiger partial charge on any atom is 2.00 e. The number of hydrogen-bond acceptors (Lipinski definition) is 0. The van der Waals surface area contributed by atoms with Gasteiger partial charge in [0.2, 0.25) is 0 Å². The minimum Gasteiger partial charge on any atom is -0.366 e. The predicted molar refractivity (Wildman–Crippen MR) is 148 cm³/mol. The van der Waals surface area contributed by atoms with Crippen LogP contribution in [0, 0.1) is 24.7 Å². The first-order valence-electron chi connectivity index (χ1n) is 11.5. The minimum absolute atomic E-state index is 0. The first kappa shape index (κ1) is 31.2. The van der Waals surface area contributed by atoms with Gasteiger partial charge in [0, 0.05) is 0 Å². The van der Waals surface area contributed by atoms with Gasteiger partial charge in [0.05, 0.1) is 16.1 Å². The minimum atomic E-state index is -1.28. The Balaban J connectivity index is 0.000000468. The predicted octanol–water partition coefficient (Wildman–Crippen LogP) is 7.01. The maximum atomic E-state index is 7.14. The van der Waals surface area contributed by atoms with E-state index in [1.807, 2.05) is 36.4 Å². The van der Waals surface area contributed by atoms with Gasteiger partial charge in [0.15, 0.2) is 0 Å². The second-order valence-electron chi connectivity index (χ2n) is 9.94. The van der Waals surface area contributed by atoms with E-state index in [2.05, 4.69) is 87.6 Å². The Labute approximate surface area is 220 Å². The zero-order valence-electron chi connectivity index (χ0n) is 21.1. The van der Waals surface area contributed by atoms with Gasteiger partial charge in [0.1, 0.15) is 0 Å². The zero-order valence-corrected chi connectivity index (χ0v) is 25.3. The fourth-order valence-electron chi connectivity index (χ4n) is 3.35. The van der Waals surface area contributed by atoms with Gasteiger partial charge in [0.25, 0.3) is 0 Å². The van der Waals surface area contributed by atoms with E-state index < -0.39 is 16.1 Å². The van der Waals surface area contributed by atoms with Crippen LogP contribution < -0.4 is 10.4 Å². The normalized spacial score (nSPS) is 12.7. The van der Waals surface area contributed by atoms with Crippen molar-refractivity contribution >= 4 is 26.5 Å². The second-order valence-corrected chi connectivity index (χ2v) is 20.0. The third-order valence-corrected chi connectivity index (χ3v) is 9.18. The van der Waals surface area contributed by atoms with Gasteiger partial charge in [-0.3, -0.25) is 11.8 Å². The molecule has 0 aliphatic heterocycles. The van der Waals surface area contributed by atoms with E-state index in [0.717, 1.165) is 11.1 Å². The summed E-state index contributed by atoms with van der Waals surface area (Å²) in [5, 5.41) is 2.64. The molecule has 0 saturated heterocycles. The molecule has 176 valence electrons. The Bertz CT molecular complexity index is 880. The Kier molecular flexibility index (Phi) is 15.0. The summed E-state index contributed by atoms with van der Waals surface area (Å²) >= 11 is 0. The van der Waals surface area contributed by atoms with Crippen molar-refractivity contribution in [3.8, 4) is 11.8 Å². The van der Waals surface area contributed by atoms with Gasteiger partial charge >= 0.3 is 21.1 Å². The molecule has 0 unspecified atom stereocenters. The molecular formula is C30H38PtSi2. The molecule has 0 bridgehead atoms. The van der Waals surface area contributed by atoms with E-state index in [1.54, 1.807) is 0 Å². The van der Waals surface area contributed by atoms with Crippen molar-refractivity contribution in [2.75, 3.05) is 0 Å². The molecule has 0 saturated carbocycles. The molecule has 33 heavy (non-hydrogen) atoms. The monoisotopic (exact) mass is 649 g/mol. The molecule has 0 spiro atoms. The molecule has 2 aromatic rings. The molecule has 0 heterocycles. The average Bonchev–Trinajstić information content (AvgIpc) is 2.73. The van der Waals surface area contributed by atoms with Crippen LogP contribution in [0.2, 0.25) is 39.3 Å². The zero-order chi connectivity index (χ0) is 24.0. The summed E-state index contributed by atoms with van der Waals surface area (Å²) in [4.78, 5) is 0. The van der Waals surface area contributed by atoms with Crippen LogP contribution >= 0.6 is 0 Å². The van der Waals surface area contributed by atoms with Gasteiger partial charge in [-0.05, 0) is 25.7 Å². The molecule has 0 radical (unpaired) electrons. The molecule has 0 aromatic heterocycles. The SMILES string of the molecule is C1=CCCC=CCC1.[C-]#Cc1ccccc1[Si](C)(C)C.[C-]#Cc1ccccc1[Si](C)(C)C.[Pt+2]. The third kappa shape index (κ3) is 12.3. The molecule has 3 heteroatoms. The van der Waals surface area contributed by atoms with Crippen LogP contribution in [0.15, 0.2) is 72.8 Å². The van der Waals surface area contributed by atoms with Crippen molar-refractivity contribution in [3.05, 3.63) is 96.8 Å². The van der Waals surface area contributed by atoms with Crippen LogP contribution in [-0.4, -0.2) is 16.1 Å². The fraction of sp³-hybridized carbons (Fsp3) is 0.333. The third-order valence-electron chi connectivity index (χ3n) is 5.07. The molecule has 3 rings (SSSR count). The van der Waals surface area contributed by atoms with Crippen molar-refractivity contribution in [1.82, 2.24) is 0 Å². The van der Waals surface area contributed by atoms with E-state index >= 15 is 0 Å². The maximum absolute atomic E-state index is 7.14. The molecule has 0 fully saturated rings. The number of allylic oxidation sites excluding steroid dienone is 4. The first-order valence-corrected chi connectivity index (χ1v) is 18.5. The Morgan fingerprint density at radius 2 is 0.818 bits per heavy atom. The summed E-state index contributed by atoms with van der Waals surface area (Å²) in [6.45, 7) is 13.7. The molecule has 1 aliphatic carbocycles. The number of hydrogen-bond donors (Lipinski definition) is 0. The van der Waals surface area contributed by atoms with Crippen LogP contribution in [-0.2, 0) is 21.1 Å². The van der Waals surface area contributed by atoms with E-state index in [1.165, 1.54) is 36.1 Å². The largest absolute Gasteiger partial charge is 2.00 e. The van der Waals surface area contributed by atoms with Gasteiger partial charge in [-0.15, -0.1) is 33.6 Å². The van der Waals surface area contributed by atoms with Crippen LogP contribution in [0.4, 0.5) is 0 Å². The molecule has 1 aliphatic rings. The van der Waals surface area contributed by atoms with E-state index in [-0.39, 0.29) is 21.1 Å². The molecule has 0 amide bonds. The summed E-state index contributed by atoms with van der Waals surface area (Å²) in [7, 11) is -2.56. The van der Waals surface area contributed by atoms with Crippen LogP contribution in [0.25, 0.3) is 0 Å². The van der Waals surface area contributed by atoms with Crippen molar-refractivity contribution in [2.45, 2.75) is 65.0 Å². The van der Waals surface area contributed by atoms with Crippen molar-refractivity contribution < 1.29 is 21.1 Å². The van der Waals surface area contributed by atoms with E-state index in [0.29, 0.717) is 0 Å². The Hall–Kier alpha value is -1.84. The average molecular weight is 650 g/mol. The summed E-state index contributed by atoms with van der Waals surface area (Å²) in [6.07, 6.45) is 28.3. The summed E-state index contributed by atoms with van der Waals surface area (Å²) in [5.41, 5.74) is 1.91. The molecule has 0 atom stereocenters. The Morgan fingerprint density at radius 1 is 0.545 bits per heavy atom. The van der Waals surface area contributed by atoms with Crippen molar-refractivity contribution in [1.29, 1.82) is 0 Å². The topological polar surface area (TPSA) is 0 Å². The first-order chi connectivity index (χ1) is 15.1. The van der Waals surface area contributed by atoms with Gasteiger partial charge < -0.3 is 12.8 Å². The standard InChI is InChI=1S/2C11H13Si.C8H12.Pt/c2*1-5-10-8-6-7-9-11(10)12(2,3)4;1-2-4-6-8-7-5-3-1;/h2*6-9H,2-4H3;1-2,7-8H,3-6H2;/q2*-1;;+2. The van der Waals surface area contributed by atoms with E-state index in [9.17, 15) is 0 Å².